The van der Waals surface area contributed by atoms with Gasteiger partial charge in [0.05, 0.1) is 0 Å². The molecule has 0 aliphatic heterocycles. The third kappa shape index (κ3) is 1.85. The number of halogens is 2. The molecule has 4 heteroatoms. The second-order valence-corrected chi connectivity index (χ2v) is 2.99. The molecule has 0 radical (unpaired) electrons. The number of hydrogen-bond donors (Lipinski definition) is 0. The maximum atomic E-state index is 8.56. The van der Waals surface area contributed by atoms with Crippen molar-refractivity contribution in [2.24, 2.45) is 7.05 Å². The van der Waals surface area contributed by atoms with E-state index in [4.69, 9.17) is 5.26 Å². The van der Waals surface area contributed by atoms with Gasteiger partial charge in [0.1, 0.15) is 11.8 Å². The van der Waals surface area contributed by atoms with Gasteiger partial charge >= 0.3 is 0 Å². The van der Waals surface area contributed by atoms with Gasteiger partial charge in [0.2, 0.25) is 0 Å². The van der Waals surface area contributed by atoms with Crippen molar-refractivity contribution in [3.63, 3.8) is 0 Å². The highest BCUT2D eigenvalue weighted by atomic mass is 79.9. The summed E-state index contributed by atoms with van der Waals surface area (Å²) < 4.78 is 2.84. The number of hydrogen-bond acceptors (Lipinski definition) is 1. The summed E-state index contributed by atoms with van der Waals surface area (Å²) in [6.45, 7) is 1.96. The first kappa shape index (κ1) is 10.7. The summed E-state index contributed by atoms with van der Waals surface area (Å²) in [6, 6.07) is 3.90. The summed E-state index contributed by atoms with van der Waals surface area (Å²) >= 11 is 3.34. The van der Waals surface area contributed by atoms with Crippen molar-refractivity contribution in [1.82, 2.24) is 4.57 Å². The molecule has 1 aromatic heterocycles. The minimum atomic E-state index is 0. The van der Waals surface area contributed by atoms with Gasteiger partial charge in [0.25, 0.3) is 0 Å². The minimum absolute atomic E-state index is 0. The molecule has 1 rings (SSSR count). The van der Waals surface area contributed by atoms with Crippen molar-refractivity contribution in [3.8, 4) is 6.07 Å². The van der Waals surface area contributed by atoms with Crippen LogP contribution in [0, 0.1) is 18.3 Å². The summed E-state index contributed by atoms with van der Waals surface area (Å²) in [4.78, 5) is 0. The molecular weight excluding hydrogens is 272 g/mol. The first-order chi connectivity index (χ1) is 4.66. The van der Waals surface area contributed by atoms with E-state index < -0.39 is 0 Å². The second-order valence-electron chi connectivity index (χ2n) is 2.13. The lowest BCUT2D eigenvalue weighted by molar-refractivity contribution is 0.863. The highest BCUT2D eigenvalue weighted by Crippen LogP contribution is 2.18. The predicted molar refractivity (Wildman–Crippen MR) is 52.9 cm³/mol. The summed E-state index contributed by atoms with van der Waals surface area (Å²) in [5.41, 5.74) is 1.76. The molecular formula is C7H8Br2N2. The molecule has 0 atom stereocenters. The lowest BCUT2D eigenvalue weighted by Crippen LogP contribution is -1.92. The first-order valence-corrected chi connectivity index (χ1v) is 3.68. The van der Waals surface area contributed by atoms with Gasteiger partial charge in [-0.15, -0.1) is 17.0 Å². The molecule has 0 aliphatic rings. The molecule has 0 spiro atoms. The van der Waals surface area contributed by atoms with E-state index >= 15 is 0 Å². The maximum absolute atomic E-state index is 8.56. The zero-order valence-corrected chi connectivity index (χ0v) is 9.56. The topological polar surface area (TPSA) is 28.7 Å². The molecule has 60 valence electrons. The molecule has 0 saturated carbocycles. The normalized spacial score (nSPS) is 8.55. The van der Waals surface area contributed by atoms with Crippen molar-refractivity contribution < 1.29 is 0 Å². The lowest BCUT2D eigenvalue weighted by atomic mass is 10.4. The molecule has 0 N–H and O–H groups in total. The second kappa shape index (κ2) is 3.93. The summed E-state index contributed by atoms with van der Waals surface area (Å²) in [7, 11) is 1.87. The Balaban J connectivity index is 0.000001000. The first-order valence-electron chi connectivity index (χ1n) is 2.88. The van der Waals surface area contributed by atoms with Gasteiger partial charge in [-0.25, -0.2) is 0 Å². The summed E-state index contributed by atoms with van der Waals surface area (Å²) in [5, 5.41) is 8.56. The molecule has 0 fully saturated rings. The molecule has 0 aliphatic carbocycles. The van der Waals surface area contributed by atoms with Crippen LogP contribution in [0.25, 0.3) is 0 Å². The third-order valence-electron chi connectivity index (χ3n) is 1.59. The molecule has 1 aromatic rings. The maximum Gasteiger partial charge on any atom is 0.121 e. The van der Waals surface area contributed by atoms with Gasteiger partial charge in [-0.3, -0.25) is 0 Å². The molecule has 1 heterocycles. The van der Waals surface area contributed by atoms with Gasteiger partial charge in [0, 0.05) is 17.2 Å². The Morgan fingerprint density at radius 2 is 2.18 bits per heavy atom. The smallest absolute Gasteiger partial charge is 0.121 e. The zero-order valence-electron chi connectivity index (χ0n) is 6.26. The quantitative estimate of drug-likeness (QED) is 0.718. The van der Waals surface area contributed by atoms with Crippen LogP contribution in [0.3, 0.4) is 0 Å². The Hall–Kier alpha value is -0.270. The van der Waals surface area contributed by atoms with E-state index in [0.29, 0.717) is 5.69 Å². The van der Waals surface area contributed by atoms with E-state index in [0.717, 1.165) is 10.2 Å². The fourth-order valence-electron chi connectivity index (χ4n) is 0.769. The predicted octanol–water partition coefficient (Wildman–Crippen LogP) is 2.55. The summed E-state index contributed by atoms with van der Waals surface area (Å²) in [6.07, 6.45) is 0. The van der Waals surface area contributed by atoms with Crippen LogP contribution < -0.4 is 0 Å². The summed E-state index contributed by atoms with van der Waals surface area (Å²) in [5.74, 6) is 0. The standard InChI is InChI=1S/C7H7BrN2.BrH/c1-5-7(8)3-6(4-9)10(5)2;/h3H,1-2H3;1H. The molecule has 0 aromatic carbocycles. The third-order valence-corrected chi connectivity index (χ3v) is 2.39. The van der Waals surface area contributed by atoms with Gasteiger partial charge < -0.3 is 4.57 Å². The van der Waals surface area contributed by atoms with Crippen LogP contribution in [0.4, 0.5) is 0 Å². The van der Waals surface area contributed by atoms with Gasteiger partial charge in [-0.1, -0.05) is 0 Å². The Labute approximate surface area is 84.7 Å². The molecule has 0 unspecified atom stereocenters. The molecule has 11 heavy (non-hydrogen) atoms. The molecule has 0 saturated heterocycles. The minimum Gasteiger partial charge on any atom is -0.339 e. The van der Waals surface area contributed by atoms with E-state index in [1.54, 1.807) is 0 Å². The van der Waals surface area contributed by atoms with Crippen LogP contribution in [-0.4, -0.2) is 4.57 Å². The van der Waals surface area contributed by atoms with Crippen LogP contribution in [0.2, 0.25) is 0 Å². The largest absolute Gasteiger partial charge is 0.339 e. The van der Waals surface area contributed by atoms with Crippen LogP contribution >= 0.6 is 32.9 Å². The van der Waals surface area contributed by atoms with Crippen molar-refractivity contribution in [2.75, 3.05) is 0 Å². The van der Waals surface area contributed by atoms with E-state index in [1.165, 1.54) is 0 Å². The Morgan fingerprint density at radius 3 is 2.36 bits per heavy atom. The number of rotatable bonds is 0. The number of nitriles is 1. The molecule has 0 bridgehead atoms. The fraction of sp³-hybridized carbons (Fsp3) is 0.286. The highest BCUT2D eigenvalue weighted by Gasteiger charge is 2.04. The number of aromatic nitrogens is 1. The fourth-order valence-corrected chi connectivity index (χ4v) is 1.25. The van der Waals surface area contributed by atoms with Crippen molar-refractivity contribution in [1.29, 1.82) is 5.26 Å². The van der Waals surface area contributed by atoms with Crippen LogP contribution in [0.1, 0.15) is 11.4 Å². The average molecular weight is 280 g/mol. The van der Waals surface area contributed by atoms with E-state index in [2.05, 4.69) is 22.0 Å². The van der Waals surface area contributed by atoms with Crippen LogP contribution in [-0.2, 0) is 7.05 Å². The van der Waals surface area contributed by atoms with Gasteiger partial charge in [-0.2, -0.15) is 5.26 Å². The SMILES string of the molecule is Br.Cc1c(Br)cc(C#N)n1C. The van der Waals surface area contributed by atoms with E-state index in [-0.39, 0.29) is 17.0 Å². The monoisotopic (exact) mass is 278 g/mol. The van der Waals surface area contributed by atoms with Crippen molar-refractivity contribution in [2.45, 2.75) is 6.92 Å². The van der Waals surface area contributed by atoms with Gasteiger partial charge in [0.15, 0.2) is 0 Å². The Kier molecular flexibility index (Phi) is 3.84. The van der Waals surface area contributed by atoms with Gasteiger partial charge in [-0.05, 0) is 28.9 Å². The van der Waals surface area contributed by atoms with Crippen molar-refractivity contribution >= 4 is 32.9 Å². The van der Waals surface area contributed by atoms with Crippen LogP contribution in [0.5, 0.6) is 0 Å². The molecule has 0 amide bonds. The Morgan fingerprint density at radius 1 is 1.64 bits per heavy atom. The van der Waals surface area contributed by atoms with E-state index in [9.17, 15) is 0 Å². The lowest BCUT2D eigenvalue weighted by Gasteiger charge is -1.95. The highest BCUT2D eigenvalue weighted by molar-refractivity contribution is 9.10. The Bertz CT molecular complexity index is 296. The van der Waals surface area contributed by atoms with Crippen LogP contribution in [0.15, 0.2) is 10.5 Å². The van der Waals surface area contributed by atoms with Crippen molar-refractivity contribution in [3.05, 3.63) is 21.9 Å². The van der Waals surface area contributed by atoms with E-state index in [1.807, 2.05) is 24.6 Å². The molecule has 2 nitrogen and oxygen atoms in total. The average Bonchev–Trinajstić information content (AvgIpc) is 2.17. The zero-order chi connectivity index (χ0) is 7.72. The number of nitrogens with zero attached hydrogens (tertiary/aromatic N) is 2.